The summed E-state index contributed by atoms with van der Waals surface area (Å²) < 4.78 is 0. The van der Waals surface area contributed by atoms with Gasteiger partial charge in [0.1, 0.15) is 0 Å². The molecule has 4 unspecified atom stereocenters. The van der Waals surface area contributed by atoms with Crippen LogP contribution in [0.4, 0.5) is 0 Å². The third kappa shape index (κ3) is 1.00. The van der Waals surface area contributed by atoms with Gasteiger partial charge in [0.15, 0.2) is 11.6 Å². The Bertz CT molecular complexity index is 696. The van der Waals surface area contributed by atoms with E-state index in [1.54, 1.807) is 0 Å². The van der Waals surface area contributed by atoms with Crippen LogP contribution in [-0.4, -0.2) is 11.6 Å². The molecule has 21 heavy (non-hydrogen) atoms. The summed E-state index contributed by atoms with van der Waals surface area (Å²) in [4.78, 5) is 26.7. The van der Waals surface area contributed by atoms with E-state index in [9.17, 15) is 9.59 Å². The summed E-state index contributed by atoms with van der Waals surface area (Å²) in [6.45, 7) is 0. The van der Waals surface area contributed by atoms with E-state index in [2.05, 4.69) is 24.3 Å². The van der Waals surface area contributed by atoms with Crippen LogP contribution < -0.4 is 0 Å². The van der Waals surface area contributed by atoms with Crippen LogP contribution in [0.2, 0.25) is 0 Å². The van der Waals surface area contributed by atoms with Crippen molar-refractivity contribution in [1.29, 1.82) is 0 Å². The Labute approximate surface area is 123 Å². The van der Waals surface area contributed by atoms with Crippen LogP contribution >= 0.6 is 0 Å². The summed E-state index contributed by atoms with van der Waals surface area (Å²) in [5.41, 5.74) is 0.280. The molecule has 1 aromatic rings. The summed E-state index contributed by atoms with van der Waals surface area (Å²) in [6.07, 6.45) is 11.0. The molecule has 0 aliphatic heterocycles. The Hall–Kier alpha value is -1.96. The molecule has 0 spiro atoms. The van der Waals surface area contributed by atoms with Crippen molar-refractivity contribution in [2.45, 2.75) is 19.3 Å². The van der Waals surface area contributed by atoms with Gasteiger partial charge in [-0.25, -0.2) is 0 Å². The van der Waals surface area contributed by atoms with Gasteiger partial charge < -0.3 is 0 Å². The lowest BCUT2D eigenvalue weighted by molar-refractivity contribution is 0.0156. The third-order valence-corrected chi connectivity index (χ3v) is 6.42. The van der Waals surface area contributed by atoms with Gasteiger partial charge in [-0.05, 0) is 31.1 Å². The van der Waals surface area contributed by atoms with Crippen LogP contribution in [0, 0.1) is 22.7 Å². The fraction of sp³-hybridized carbons (Fsp3) is 0.368. The van der Waals surface area contributed by atoms with Crippen LogP contribution in [0.3, 0.4) is 0 Å². The van der Waals surface area contributed by atoms with Crippen molar-refractivity contribution in [3.63, 3.8) is 0 Å². The predicted molar refractivity (Wildman–Crippen MR) is 79.1 cm³/mol. The van der Waals surface area contributed by atoms with E-state index in [0.717, 1.165) is 19.3 Å². The lowest BCUT2D eigenvalue weighted by atomic mass is 9.46. The highest BCUT2D eigenvalue weighted by molar-refractivity contribution is 6.20. The van der Waals surface area contributed by atoms with Crippen molar-refractivity contribution in [2.24, 2.45) is 22.7 Å². The highest BCUT2D eigenvalue weighted by Crippen LogP contribution is 2.71. The zero-order valence-electron chi connectivity index (χ0n) is 11.7. The first-order valence-electron chi connectivity index (χ1n) is 7.74. The molecule has 0 heterocycles. The van der Waals surface area contributed by atoms with Gasteiger partial charge in [-0.2, -0.15) is 0 Å². The van der Waals surface area contributed by atoms with Crippen molar-refractivity contribution in [2.75, 3.05) is 0 Å². The molecular weight excluding hydrogens is 260 g/mol. The minimum absolute atomic E-state index is 0.207. The second-order valence-electron chi connectivity index (χ2n) is 6.86. The van der Waals surface area contributed by atoms with E-state index in [1.807, 2.05) is 24.3 Å². The second kappa shape index (κ2) is 3.44. The molecule has 1 aromatic carbocycles. The van der Waals surface area contributed by atoms with Gasteiger partial charge in [0.2, 0.25) is 0 Å². The molecule has 2 heteroatoms. The fourth-order valence-corrected chi connectivity index (χ4v) is 5.58. The summed E-state index contributed by atoms with van der Waals surface area (Å²) >= 11 is 0. The molecule has 5 rings (SSSR count). The van der Waals surface area contributed by atoms with Gasteiger partial charge >= 0.3 is 0 Å². The van der Waals surface area contributed by atoms with E-state index in [0.29, 0.717) is 11.1 Å². The molecular formula is C19H16O2. The quantitative estimate of drug-likeness (QED) is 0.679. The molecule has 4 atom stereocenters. The Balaban J connectivity index is 1.89. The van der Waals surface area contributed by atoms with Crippen molar-refractivity contribution in [3.05, 3.63) is 59.7 Å². The number of benzene rings is 1. The van der Waals surface area contributed by atoms with Gasteiger partial charge in [-0.1, -0.05) is 48.6 Å². The Kier molecular flexibility index (Phi) is 1.91. The number of rotatable bonds is 0. The second-order valence-corrected chi connectivity index (χ2v) is 6.86. The van der Waals surface area contributed by atoms with E-state index < -0.39 is 10.8 Å². The number of fused-ring (bicyclic) bond motifs is 3. The van der Waals surface area contributed by atoms with Crippen molar-refractivity contribution in [1.82, 2.24) is 0 Å². The Morgan fingerprint density at radius 3 is 1.76 bits per heavy atom. The lowest BCUT2D eigenvalue weighted by Crippen LogP contribution is -2.58. The standard InChI is InChI=1S/C19H16O2/c20-16-14-5-1-2-6-15(14)17(21)19-10-4-3-9-18(16,19)12-7-8-13(19)11-12/h1-8,12-13H,9-11H2. The summed E-state index contributed by atoms with van der Waals surface area (Å²) in [5, 5.41) is 0. The first-order chi connectivity index (χ1) is 10.2. The first-order valence-corrected chi connectivity index (χ1v) is 7.74. The van der Waals surface area contributed by atoms with Crippen LogP contribution in [-0.2, 0) is 0 Å². The average molecular weight is 276 g/mol. The van der Waals surface area contributed by atoms with Gasteiger partial charge in [0, 0.05) is 11.1 Å². The molecule has 0 saturated heterocycles. The van der Waals surface area contributed by atoms with E-state index in [4.69, 9.17) is 0 Å². The average Bonchev–Trinajstić information content (AvgIpc) is 3.13. The van der Waals surface area contributed by atoms with Crippen molar-refractivity contribution < 1.29 is 9.59 Å². The molecule has 0 aromatic heterocycles. The molecule has 0 N–H and O–H groups in total. The lowest BCUT2D eigenvalue weighted by Gasteiger charge is -2.53. The summed E-state index contributed by atoms with van der Waals surface area (Å²) in [6, 6.07) is 7.41. The van der Waals surface area contributed by atoms with Gasteiger partial charge in [-0.15, -0.1) is 0 Å². The SMILES string of the molecule is O=C1c2ccccc2C(=O)C23CC=CCC12C1C=CC3C1. The first kappa shape index (κ1) is 11.7. The monoisotopic (exact) mass is 276 g/mol. The van der Waals surface area contributed by atoms with Crippen molar-refractivity contribution in [3.8, 4) is 0 Å². The third-order valence-electron chi connectivity index (χ3n) is 6.42. The number of carbonyl (C=O) groups excluding carboxylic acids is 2. The van der Waals surface area contributed by atoms with Crippen LogP contribution in [0.15, 0.2) is 48.6 Å². The fourth-order valence-electron chi connectivity index (χ4n) is 5.58. The van der Waals surface area contributed by atoms with E-state index in [-0.39, 0.29) is 23.4 Å². The molecule has 0 amide bonds. The largest absolute Gasteiger partial charge is 0.293 e. The zero-order valence-corrected chi connectivity index (χ0v) is 11.7. The number of carbonyl (C=O) groups is 2. The molecule has 104 valence electrons. The maximum atomic E-state index is 13.4. The van der Waals surface area contributed by atoms with Gasteiger partial charge in [0.05, 0.1) is 10.8 Å². The molecule has 0 radical (unpaired) electrons. The van der Waals surface area contributed by atoms with Gasteiger partial charge in [0.25, 0.3) is 0 Å². The summed E-state index contributed by atoms with van der Waals surface area (Å²) in [5.74, 6) is 0.882. The molecule has 1 saturated carbocycles. The predicted octanol–water partition coefficient (Wildman–Crippen LogP) is 3.59. The topological polar surface area (TPSA) is 34.1 Å². The molecule has 1 fully saturated rings. The van der Waals surface area contributed by atoms with Crippen LogP contribution in [0.5, 0.6) is 0 Å². The smallest absolute Gasteiger partial charge is 0.171 e. The van der Waals surface area contributed by atoms with Crippen LogP contribution in [0.25, 0.3) is 0 Å². The molecule has 4 aliphatic carbocycles. The molecule has 2 bridgehead atoms. The summed E-state index contributed by atoms with van der Waals surface area (Å²) in [7, 11) is 0. The Morgan fingerprint density at radius 1 is 0.810 bits per heavy atom. The molecule has 4 aliphatic rings. The normalized spacial score (nSPS) is 41.9. The Morgan fingerprint density at radius 2 is 1.29 bits per heavy atom. The highest BCUT2D eigenvalue weighted by atomic mass is 16.1. The maximum absolute atomic E-state index is 13.4. The number of hydrogen-bond donors (Lipinski definition) is 0. The van der Waals surface area contributed by atoms with E-state index in [1.165, 1.54) is 0 Å². The number of ketones is 2. The van der Waals surface area contributed by atoms with Crippen LogP contribution in [0.1, 0.15) is 40.0 Å². The maximum Gasteiger partial charge on any atom is 0.171 e. The minimum Gasteiger partial charge on any atom is -0.293 e. The van der Waals surface area contributed by atoms with Gasteiger partial charge in [-0.3, -0.25) is 9.59 Å². The number of Topliss-reactive ketones (excluding diaryl/α,β-unsaturated/α-hetero) is 2. The number of hydrogen-bond acceptors (Lipinski definition) is 2. The van der Waals surface area contributed by atoms with Crippen molar-refractivity contribution >= 4 is 11.6 Å². The molecule has 2 nitrogen and oxygen atoms in total. The zero-order chi connectivity index (χ0) is 14.2. The number of allylic oxidation sites excluding steroid dienone is 4. The van der Waals surface area contributed by atoms with E-state index >= 15 is 0 Å². The highest BCUT2D eigenvalue weighted by Gasteiger charge is 2.73. The minimum atomic E-state index is -0.507.